The molecule has 0 rings (SSSR count). The van der Waals surface area contributed by atoms with E-state index in [0.717, 1.165) is 0 Å². The quantitative estimate of drug-likeness (QED) is 0.381. The Bertz CT molecular complexity index is 341. The fourth-order valence-electron chi connectivity index (χ4n) is 0.752. The first-order valence-corrected chi connectivity index (χ1v) is 5.82. The van der Waals surface area contributed by atoms with Crippen molar-refractivity contribution >= 4 is 23.6 Å². The SMILES string of the molecule is CC(C)(C)OC(=O)[N+](=[SH-]=O)C(=O)OC(C)(C)C. The Morgan fingerprint density at radius 1 is 0.882 bits per heavy atom. The second-order valence-corrected chi connectivity index (χ2v) is 5.92. The molecule has 0 saturated heterocycles. The van der Waals surface area contributed by atoms with Crippen LogP contribution in [-0.2, 0) is 25.1 Å². The van der Waals surface area contributed by atoms with Gasteiger partial charge in [-0.05, 0) is 53.0 Å². The molecule has 7 heteroatoms. The predicted octanol–water partition coefficient (Wildman–Crippen LogP) is 2.21. The highest BCUT2D eigenvalue weighted by molar-refractivity contribution is 7.52. The fourth-order valence-corrected chi connectivity index (χ4v) is 0.967. The molecule has 0 fully saturated rings. The summed E-state index contributed by atoms with van der Waals surface area (Å²) in [4.78, 5) is 23.0. The largest absolute Gasteiger partial charge is 0.587 e. The number of carbonyl (C=O) groups is 2. The molecule has 0 aromatic carbocycles. The first-order chi connectivity index (χ1) is 7.46. The van der Waals surface area contributed by atoms with Crippen molar-refractivity contribution in [3.63, 3.8) is 0 Å². The number of ether oxygens (including phenoxy) is 2. The molecule has 0 aliphatic carbocycles. The van der Waals surface area contributed by atoms with Gasteiger partial charge in [-0.15, -0.1) is 3.95 Å². The highest BCUT2D eigenvalue weighted by atomic mass is 32.1. The normalized spacial score (nSPS) is 11.9. The Kier molecular flexibility index (Phi) is 5.12. The van der Waals surface area contributed by atoms with Crippen LogP contribution in [0.4, 0.5) is 9.59 Å². The Morgan fingerprint density at radius 3 is 1.35 bits per heavy atom. The van der Waals surface area contributed by atoms with Gasteiger partial charge in [-0.1, -0.05) is 0 Å². The third kappa shape index (κ3) is 6.93. The van der Waals surface area contributed by atoms with Gasteiger partial charge in [-0.25, -0.2) is 0 Å². The van der Waals surface area contributed by atoms with Crippen LogP contribution >= 0.6 is 0 Å². The average Bonchev–Trinajstić information content (AvgIpc) is 1.96. The molecule has 100 valence electrons. The monoisotopic (exact) mass is 265 g/mol. The molecular formula is C10H19NO5S. The highest BCUT2D eigenvalue weighted by Crippen LogP contribution is 2.11. The summed E-state index contributed by atoms with van der Waals surface area (Å²) in [6, 6.07) is 0. The van der Waals surface area contributed by atoms with Crippen LogP contribution in [0, 0.1) is 0 Å². The molecule has 0 aromatic heterocycles. The molecule has 0 aliphatic rings. The van der Waals surface area contributed by atoms with Gasteiger partial charge in [0.2, 0.25) is 0 Å². The summed E-state index contributed by atoms with van der Waals surface area (Å²) < 4.78 is 20.9. The lowest BCUT2D eigenvalue weighted by atomic mass is 10.2. The molecule has 0 N–H and O–H groups in total. The topological polar surface area (TPSA) is 72.7 Å². The van der Waals surface area contributed by atoms with E-state index >= 15 is 0 Å². The van der Waals surface area contributed by atoms with E-state index in [9.17, 15) is 13.8 Å². The molecule has 0 aliphatic heterocycles. The van der Waals surface area contributed by atoms with Crippen molar-refractivity contribution in [2.45, 2.75) is 52.7 Å². The number of rotatable bonds is 0. The van der Waals surface area contributed by atoms with Crippen LogP contribution in [0.3, 0.4) is 0 Å². The Balaban J connectivity index is 4.83. The smallest absolute Gasteiger partial charge is 0.407 e. The minimum Gasteiger partial charge on any atom is -0.407 e. The van der Waals surface area contributed by atoms with E-state index in [1.165, 1.54) is 0 Å². The molecule has 0 atom stereocenters. The molecule has 0 radical (unpaired) electrons. The molecule has 6 nitrogen and oxygen atoms in total. The average molecular weight is 265 g/mol. The maximum atomic E-state index is 11.5. The predicted molar refractivity (Wildman–Crippen MR) is 62.2 cm³/mol. The molecule has 2 amide bonds. The van der Waals surface area contributed by atoms with E-state index in [2.05, 4.69) is 0 Å². The Labute approximate surface area is 104 Å². The van der Waals surface area contributed by atoms with Crippen molar-refractivity contribution in [1.82, 2.24) is 0 Å². The highest BCUT2D eigenvalue weighted by Gasteiger charge is 2.32. The van der Waals surface area contributed by atoms with E-state index < -0.39 is 34.9 Å². The first kappa shape index (κ1) is 15.9. The summed E-state index contributed by atoms with van der Waals surface area (Å²) in [6.07, 6.45) is -2.02. The number of thiol groups is 1. The van der Waals surface area contributed by atoms with E-state index in [1.54, 1.807) is 41.5 Å². The molecule has 0 heterocycles. The number of carbonyl (C=O) groups excluding carboxylic acids is 2. The van der Waals surface area contributed by atoms with Crippen molar-refractivity contribution in [1.29, 1.82) is 0 Å². The van der Waals surface area contributed by atoms with Crippen LogP contribution < -0.4 is 0 Å². The van der Waals surface area contributed by atoms with Gasteiger partial charge in [-0.3, -0.25) is 0 Å². The van der Waals surface area contributed by atoms with Crippen molar-refractivity contribution in [3.05, 3.63) is 0 Å². The molecule has 0 bridgehead atoms. The van der Waals surface area contributed by atoms with Gasteiger partial charge in [0.05, 0.1) is 0 Å². The van der Waals surface area contributed by atoms with Gasteiger partial charge in [0.1, 0.15) is 11.2 Å². The van der Waals surface area contributed by atoms with Gasteiger partial charge in [0.25, 0.3) is 0 Å². The van der Waals surface area contributed by atoms with E-state index in [4.69, 9.17) is 9.47 Å². The van der Waals surface area contributed by atoms with Crippen molar-refractivity contribution in [2.75, 3.05) is 0 Å². The number of imide groups is 1. The molecule has 17 heavy (non-hydrogen) atoms. The minimum absolute atomic E-state index is 0.358. The van der Waals surface area contributed by atoms with Gasteiger partial charge >= 0.3 is 12.2 Å². The lowest BCUT2D eigenvalue weighted by Crippen LogP contribution is -2.36. The van der Waals surface area contributed by atoms with Crippen LogP contribution in [0.5, 0.6) is 0 Å². The molecular weight excluding hydrogens is 246 g/mol. The zero-order valence-corrected chi connectivity index (χ0v) is 11.8. The first-order valence-electron chi connectivity index (χ1n) is 5.05. The number of nitrogens with zero attached hydrogens (tertiary/aromatic N) is 1. The summed E-state index contributed by atoms with van der Waals surface area (Å²) in [7, 11) is 0. The van der Waals surface area contributed by atoms with Crippen LogP contribution in [0.1, 0.15) is 41.5 Å². The van der Waals surface area contributed by atoms with Gasteiger partial charge < -0.3 is 13.7 Å². The summed E-state index contributed by atoms with van der Waals surface area (Å²) >= 11 is -0.791. The lowest BCUT2D eigenvalue weighted by Gasteiger charge is -2.19. The minimum atomic E-state index is -1.01. The van der Waals surface area contributed by atoms with Crippen LogP contribution in [-0.4, -0.2) is 27.3 Å². The van der Waals surface area contributed by atoms with Crippen molar-refractivity contribution in [2.24, 2.45) is 0 Å². The summed E-state index contributed by atoms with van der Waals surface area (Å²) in [5, 5.41) is 0. The summed E-state index contributed by atoms with van der Waals surface area (Å²) in [5.74, 6) is 0. The van der Waals surface area contributed by atoms with E-state index in [-0.39, 0.29) is 0 Å². The fraction of sp³-hybridized carbons (Fsp3) is 0.800. The van der Waals surface area contributed by atoms with Gasteiger partial charge in [-0.2, -0.15) is 9.59 Å². The third-order valence-corrected chi connectivity index (χ3v) is 1.70. The van der Waals surface area contributed by atoms with E-state index in [0.29, 0.717) is 3.95 Å². The number of hydrogen-bond acceptors (Lipinski definition) is 6. The van der Waals surface area contributed by atoms with Crippen molar-refractivity contribution < 1.29 is 27.2 Å². The molecule has 0 spiro atoms. The van der Waals surface area contributed by atoms with Gasteiger partial charge in [0.15, 0.2) is 0 Å². The molecule has 0 unspecified atom stereocenters. The number of amides is 2. The zero-order valence-electron chi connectivity index (χ0n) is 10.9. The van der Waals surface area contributed by atoms with E-state index in [1.807, 2.05) is 0 Å². The second kappa shape index (κ2) is 5.48. The maximum Gasteiger partial charge on any atom is 0.587 e. The van der Waals surface area contributed by atoms with Gasteiger partial charge in [0, 0.05) is 0 Å². The Morgan fingerprint density at radius 2 is 1.18 bits per heavy atom. The maximum absolute atomic E-state index is 11.5. The molecule has 0 aromatic rings. The summed E-state index contributed by atoms with van der Waals surface area (Å²) in [5.41, 5.74) is -1.55. The van der Waals surface area contributed by atoms with Crippen LogP contribution in [0.15, 0.2) is 0 Å². The standard InChI is InChI=1S/C10H19NO5S/c1-9(2,3)15-7(12)11(17-14)8(13)16-10(4,5)6/h17H,1-6H3. The third-order valence-electron chi connectivity index (χ3n) is 1.21. The van der Waals surface area contributed by atoms with Crippen LogP contribution in [0.2, 0.25) is 0 Å². The Hall–Kier alpha value is -1.11. The second-order valence-electron chi connectivity index (χ2n) is 5.35. The van der Waals surface area contributed by atoms with Crippen molar-refractivity contribution in [3.8, 4) is 0 Å². The zero-order chi connectivity index (χ0) is 13.9. The lowest BCUT2D eigenvalue weighted by molar-refractivity contribution is -0.355. The summed E-state index contributed by atoms with van der Waals surface area (Å²) in [6.45, 7) is 9.83. The molecule has 0 saturated carbocycles. The van der Waals surface area contributed by atoms with Crippen LogP contribution in [0.25, 0.3) is 0 Å². The number of hydrogen-bond donors (Lipinski definition) is 0.